The Bertz CT molecular complexity index is 513. The van der Waals surface area contributed by atoms with Gasteiger partial charge >= 0.3 is 6.03 Å². The van der Waals surface area contributed by atoms with Gasteiger partial charge in [-0.3, -0.25) is 14.5 Å². The van der Waals surface area contributed by atoms with E-state index in [4.69, 9.17) is 0 Å². The fourth-order valence-corrected chi connectivity index (χ4v) is 2.26. The molecule has 1 aliphatic rings. The minimum absolute atomic E-state index is 0.0479. The standard InChI is InChI=1S/C10H13N5O3S/c1-6-7(19-13-12-6)4-14(2)9(17)5-15-8(16)3-11-10(15)18/h3-5H2,1-2H3,(H,11,18). The van der Waals surface area contributed by atoms with Crippen LogP contribution in [0.15, 0.2) is 0 Å². The lowest BCUT2D eigenvalue weighted by Gasteiger charge is -2.19. The maximum absolute atomic E-state index is 11.9. The zero-order valence-corrected chi connectivity index (χ0v) is 11.4. The second-order valence-electron chi connectivity index (χ2n) is 4.17. The molecular weight excluding hydrogens is 270 g/mol. The molecule has 2 heterocycles. The maximum atomic E-state index is 11.9. The number of aryl methyl sites for hydroxylation is 1. The molecule has 1 aliphatic heterocycles. The molecule has 19 heavy (non-hydrogen) atoms. The first-order valence-corrected chi connectivity index (χ1v) is 6.36. The average Bonchev–Trinajstić information content (AvgIpc) is 2.90. The van der Waals surface area contributed by atoms with Crippen molar-refractivity contribution in [2.24, 2.45) is 0 Å². The van der Waals surface area contributed by atoms with Gasteiger partial charge in [0.05, 0.1) is 23.7 Å². The molecule has 0 unspecified atom stereocenters. The van der Waals surface area contributed by atoms with Crippen LogP contribution in [0.25, 0.3) is 0 Å². The number of urea groups is 1. The van der Waals surface area contributed by atoms with Crippen LogP contribution in [0.4, 0.5) is 4.79 Å². The Morgan fingerprint density at radius 3 is 2.79 bits per heavy atom. The second-order valence-corrected chi connectivity index (χ2v) is 5.01. The number of carbonyl (C=O) groups excluding carboxylic acids is 3. The van der Waals surface area contributed by atoms with E-state index < -0.39 is 6.03 Å². The summed E-state index contributed by atoms with van der Waals surface area (Å²) in [5, 5.41) is 6.23. The van der Waals surface area contributed by atoms with Crippen LogP contribution in [0.3, 0.4) is 0 Å². The molecular formula is C10H13N5O3S. The molecule has 1 aromatic heterocycles. The summed E-state index contributed by atoms with van der Waals surface area (Å²) in [4.78, 5) is 37.9. The van der Waals surface area contributed by atoms with E-state index in [1.54, 1.807) is 7.05 Å². The van der Waals surface area contributed by atoms with Crippen molar-refractivity contribution >= 4 is 29.4 Å². The highest BCUT2D eigenvalue weighted by Gasteiger charge is 2.31. The van der Waals surface area contributed by atoms with E-state index in [2.05, 4.69) is 14.9 Å². The number of imide groups is 1. The van der Waals surface area contributed by atoms with Crippen LogP contribution in [0.1, 0.15) is 10.6 Å². The Kier molecular flexibility index (Phi) is 3.74. The van der Waals surface area contributed by atoms with Crippen molar-refractivity contribution < 1.29 is 14.4 Å². The predicted octanol–water partition coefficient (Wildman–Crippen LogP) is -0.643. The number of nitrogens with one attached hydrogen (secondary N) is 1. The fraction of sp³-hybridized carbons (Fsp3) is 0.500. The Morgan fingerprint density at radius 1 is 1.53 bits per heavy atom. The van der Waals surface area contributed by atoms with Crippen molar-refractivity contribution in [1.82, 2.24) is 24.7 Å². The Labute approximate surface area is 113 Å². The summed E-state index contributed by atoms with van der Waals surface area (Å²) in [6, 6.07) is -0.526. The number of nitrogens with zero attached hydrogens (tertiary/aromatic N) is 4. The molecule has 0 saturated carbocycles. The third-order valence-electron chi connectivity index (χ3n) is 2.78. The van der Waals surface area contributed by atoms with Gasteiger partial charge < -0.3 is 10.2 Å². The molecule has 0 spiro atoms. The summed E-state index contributed by atoms with van der Waals surface area (Å²) in [7, 11) is 1.61. The normalized spacial score (nSPS) is 14.7. The highest BCUT2D eigenvalue weighted by molar-refractivity contribution is 7.05. The molecule has 2 rings (SSSR count). The zero-order chi connectivity index (χ0) is 14.0. The van der Waals surface area contributed by atoms with E-state index in [0.717, 1.165) is 15.5 Å². The summed E-state index contributed by atoms with van der Waals surface area (Å²) in [6.45, 7) is 1.89. The van der Waals surface area contributed by atoms with Crippen LogP contribution >= 0.6 is 11.5 Å². The molecule has 0 aromatic carbocycles. The lowest BCUT2D eigenvalue weighted by Crippen LogP contribution is -2.41. The summed E-state index contributed by atoms with van der Waals surface area (Å²) in [6.07, 6.45) is 0. The molecule has 1 saturated heterocycles. The number of amides is 4. The number of rotatable bonds is 4. The molecule has 102 valence electrons. The summed E-state index contributed by atoms with van der Waals surface area (Å²) in [5.74, 6) is -0.694. The smallest absolute Gasteiger partial charge is 0.325 e. The van der Waals surface area contributed by atoms with Gasteiger partial charge in [0.2, 0.25) is 5.91 Å². The first-order chi connectivity index (χ1) is 8.99. The summed E-state index contributed by atoms with van der Waals surface area (Å²) in [5.41, 5.74) is 0.777. The molecule has 1 aromatic rings. The molecule has 0 aliphatic carbocycles. The number of carbonyl (C=O) groups is 3. The van der Waals surface area contributed by atoms with E-state index in [0.29, 0.717) is 6.54 Å². The largest absolute Gasteiger partial charge is 0.339 e. The predicted molar refractivity (Wildman–Crippen MR) is 66.2 cm³/mol. The highest BCUT2D eigenvalue weighted by Crippen LogP contribution is 2.12. The van der Waals surface area contributed by atoms with Gasteiger partial charge in [-0.15, -0.1) is 5.10 Å². The van der Waals surface area contributed by atoms with Crippen LogP contribution in [-0.4, -0.2) is 57.4 Å². The Balaban J connectivity index is 1.94. The lowest BCUT2D eigenvalue weighted by molar-refractivity contribution is -0.135. The van der Waals surface area contributed by atoms with Crippen molar-refractivity contribution in [3.63, 3.8) is 0 Å². The molecule has 0 bridgehead atoms. The van der Waals surface area contributed by atoms with Gasteiger partial charge in [0.1, 0.15) is 6.54 Å². The van der Waals surface area contributed by atoms with Gasteiger partial charge in [-0.1, -0.05) is 4.49 Å². The lowest BCUT2D eigenvalue weighted by atomic mass is 10.3. The first-order valence-electron chi connectivity index (χ1n) is 5.59. The monoisotopic (exact) mass is 283 g/mol. The second kappa shape index (κ2) is 5.31. The van der Waals surface area contributed by atoms with Crippen molar-refractivity contribution in [2.45, 2.75) is 13.5 Å². The van der Waals surface area contributed by atoms with Gasteiger partial charge in [-0.2, -0.15) is 0 Å². The number of hydrogen-bond acceptors (Lipinski definition) is 6. The molecule has 1 fully saturated rings. The van der Waals surface area contributed by atoms with Crippen LogP contribution in [-0.2, 0) is 16.1 Å². The topological polar surface area (TPSA) is 95.5 Å². The number of aromatic nitrogens is 2. The van der Waals surface area contributed by atoms with Crippen LogP contribution in [0.2, 0.25) is 0 Å². The molecule has 4 amide bonds. The Morgan fingerprint density at radius 2 is 2.26 bits per heavy atom. The number of hydrogen-bond donors (Lipinski definition) is 1. The van der Waals surface area contributed by atoms with E-state index >= 15 is 0 Å². The Hall–Kier alpha value is -2.03. The van der Waals surface area contributed by atoms with Gasteiger partial charge in [0.15, 0.2) is 0 Å². The van der Waals surface area contributed by atoms with E-state index in [9.17, 15) is 14.4 Å². The molecule has 0 atom stereocenters. The maximum Gasteiger partial charge on any atom is 0.325 e. The van der Waals surface area contributed by atoms with Crippen LogP contribution in [0.5, 0.6) is 0 Å². The van der Waals surface area contributed by atoms with Crippen molar-refractivity contribution in [3.05, 3.63) is 10.6 Å². The summed E-state index contributed by atoms with van der Waals surface area (Å²) >= 11 is 1.22. The summed E-state index contributed by atoms with van der Waals surface area (Å²) < 4.78 is 3.79. The molecule has 9 heteroatoms. The SMILES string of the molecule is Cc1nnsc1CN(C)C(=O)CN1C(=O)CNC1=O. The average molecular weight is 283 g/mol. The first kappa shape index (κ1) is 13.4. The molecule has 8 nitrogen and oxygen atoms in total. The van der Waals surface area contributed by atoms with Crippen molar-refractivity contribution in [1.29, 1.82) is 0 Å². The zero-order valence-electron chi connectivity index (χ0n) is 10.5. The molecule has 0 radical (unpaired) electrons. The van der Waals surface area contributed by atoms with Gasteiger partial charge in [-0.05, 0) is 18.5 Å². The quantitative estimate of drug-likeness (QED) is 0.741. The van der Waals surface area contributed by atoms with Crippen molar-refractivity contribution in [2.75, 3.05) is 20.1 Å². The minimum Gasteiger partial charge on any atom is -0.339 e. The third kappa shape index (κ3) is 2.87. The van der Waals surface area contributed by atoms with E-state index in [-0.39, 0.29) is 24.9 Å². The van der Waals surface area contributed by atoms with Crippen LogP contribution in [0, 0.1) is 6.92 Å². The minimum atomic E-state index is -0.526. The highest BCUT2D eigenvalue weighted by atomic mass is 32.1. The van der Waals surface area contributed by atoms with E-state index in [1.807, 2.05) is 6.92 Å². The van der Waals surface area contributed by atoms with E-state index in [1.165, 1.54) is 16.4 Å². The molecule has 1 N–H and O–H groups in total. The number of likely N-dealkylation sites (N-methyl/N-ethyl adjacent to an activating group) is 1. The van der Waals surface area contributed by atoms with Crippen LogP contribution < -0.4 is 5.32 Å². The van der Waals surface area contributed by atoms with Gasteiger partial charge in [0, 0.05) is 7.05 Å². The fourth-order valence-electron chi connectivity index (χ4n) is 1.57. The van der Waals surface area contributed by atoms with Gasteiger partial charge in [-0.25, -0.2) is 4.79 Å². The van der Waals surface area contributed by atoms with Gasteiger partial charge in [0.25, 0.3) is 5.91 Å². The third-order valence-corrected chi connectivity index (χ3v) is 3.59. The van der Waals surface area contributed by atoms with Crippen molar-refractivity contribution in [3.8, 4) is 0 Å².